The standard InChI is InChI=1S/C25H31NO6/c1-15-7-16(2)13-26(12-15)24(28)11-19(17-5-6-21-22(8-17)32-14-31-21)25-20(27)9-18(29-3)10-23(25)30-4/h5-6,8-10,15-16,19,27H,7,11-14H2,1-4H3/t15?,16?,19-/m0/s1. The number of rotatable bonds is 6. The van der Waals surface area contributed by atoms with Crippen LogP contribution in [-0.2, 0) is 4.79 Å². The van der Waals surface area contributed by atoms with Gasteiger partial charge in [0.15, 0.2) is 11.5 Å². The topological polar surface area (TPSA) is 77.5 Å². The van der Waals surface area contributed by atoms with Gasteiger partial charge in [-0.15, -0.1) is 0 Å². The molecule has 0 spiro atoms. The Morgan fingerprint density at radius 3 is 2.50 bits per heavy atom. The van der Waals surface area contributed by atoms with E-state index in [1.165, 1.54) is 7.11 Å². The van der Waals surface area contributed by atoms with Crippen molar-refractivity contribution in [1.29, 1.82) is 0 Å². The number of piperidine rings is 1. The zero-order valence-corrected chi connectivity index (χ0v) is 19.1. The first-order valence-corrected chi connectivity index (χ1v) is 11.0. The van der Waals surface area contributed by atoms with Crippen molar-refractivity contribution in [3.8, 4) is 28.7 Å². The van der Waals surface area contributed by atoms with Crippen molar-refractivity contribution in [1.82, 2.24) is 4.90 Å². The van der Waals surface area contributed by atoms with Crippen molar-refractivity contribution in [3.05, 3.63) is 41.5 Å². The van der Waals surface area contributed by atoms with Gasteiger partial charge in [0.25, 0.3) is 0 Å². The largest absolute Gasteiger partial charge is 0.507 e. The summed E-state index contributed by atoms with van der Waals surface area (Å²) in [7, 11) is 3.08. The third kappa shape index (κ3) is 4.42. The number of phenolic OH excluding ortho intramolecular Hbond substituents is 1. The molecule has 2 aromatic rings. The molecule has 1 N–H and O–H groups in total. The summed E-state index contributed by atoms with van der Waals surface area (Å²) in [4.78, 5) is 15.4. The van der Waals surface area contributed by atoms with Gasteiger partial charge >= 0.3 is 0 Å². The van der Waals surface area contributed by atoms with E-state index in [1.807, 2.05) is 23.1 Å². The zero-order chi connectivity index (χ0) is 22.8. The fourth-order valence-corrected chi connectivity index (χ4v) is 4.91. The Hall–Kier alpha value is -3.09. The van der Waals surface area contributed by atoms with E-state index >= 15 is 0 Å². The number of carbonyl (C=O) groups is 1. The van der Waals surface area contributed by atoms with E-state index in [4.69, 9.17) is 18.9 Å². The lowest BCUT2D eigenvalue weighted by Gasteiger charge is -2.36. The summed E-state index contributed by atoms with van der Waals surface area (Å²) in [6.45, 7) is 6.04. The van der Waals surface area contributed by atoms with Gasteiger partial charge in [-0.1, -0.05) is 19.9 Å². The van der Waals surface area contributed by atoms with Gasteiger partial charge in [0.05, 0.1) is 14.2 Å². The number of fused-ring (bicyclic) bond motifs is 1. The molecule has 0 saturated carbocycles. The Morgan fingerprint density at radius 2 is 1.81 bits per heavy atom. The van der Waals surface area contributed by atoms with Crippen molar-refractivity contribution < 1.29 is 28.8 Å². The minimum atomic E-state index is -0.426. The summed E-state index contributed by atoms with van der Waals surface area (Å²) in [5.74, 6) is 2.85. The normalized spacial score (nSPS) is 20.7. The number of phenols is 1. The van der Waals surface area contributed by atoms with Crippen molar-refractivity contribution in [2.45, 2.75) is 32.6 Å². The van der Waals surface area contributed by atoms with Crippen LogP contribution in [0.3, 0.4) is 0 Å². The Labute approximate surface area is 188 Å². The molecule has 1 fully saturated rings. The van der Waals surface area contributed by atoms with Crippen LogP contribution in [0.4, 0.5) is 0 Å². The van der Waals surface area contributed by atoms with Gasteiger partial charge in [0, 0.05) is 43.1 Å². The summed E-state index contributed by atoms with van der Waals surface area (Å²) < 4.78 is 21.9. The number of hydrogen-bond acceptors (Lipinski definition) is 6. The van der Waals surface area contributed by atoms with Gasteiger partial charge in [-0.05, 0) is 36.0 Å². The molecule has 1 saturated heterocycles. The predicted octanol–water partition coefficient (Wildman–Crippen LogP) is 4.16. The molecule has 7 heteroatoms. The molecule has 0 radical (unpaired) electrons. The molecule has 0 aromatic heterocycles. The number of amides is 1. The fourth-order valence-electron chi connectivity index (χ4n) is 4.91. The van der Waals surface area contributed by atoms with E-state index in [2.05, 4.69) is 13.8 Å². The number of aromatic hydroxyl groups is 1. The molecule has 4 rings (SSSR count). The maximum atomic E-state index is 13.4. The number of carbonyl (C=O) groups excluding carboxylic acids is 1. The van der Waals surface area contributed by atoms with Crippen LogP contribution in [0.1, 0.15) is 43.7 Å². The number of likely N-dealkylation sites (tertiary alicyclic amines) is 1. The van der Waals surface area contributed by atoms with Crippen LogP contribution >= 0.6 is 0 Å². The maximum absolute atomic E-state index is 13.4. The summed E-state index contributed by atoms with van der Waals surface area (Å²) in [5.41, 5.74) is 1.40. The molecule has 2 aliphatic heterocycles. The number of hydrogen-bond donors (Lipinski definition) is 1. The van der Waals surface area contributed by atoms with Crippen molar-refractivity contribution >= 4 is 5.91 Å². The lowest BCUT2D eigenvalue weighted by atomic mass is 9.85. The highest BCUT2D eigenvalue weighted by molar-refractivity contribution is 5.78. The quantitative estimate of drug-likeness (QED) is 0.725. The lowest BCUT2D eigenvalue weighted by molar-refractivity contribution is -0.134. The summed E-state index contributed by atoms with van der Waals surface area (Å²) in [6.07, 6.45) is 1.33. The molecule has 32 heavy (non-hydrogen) atoms. The second kappa shape index (κ2) is 9.18. The second-order valence-electron chi connectivity index (χ2n) is 8.88. The highest BCUT2D eigenvalue weighted by Gasteiger charge is 2.31. The molecule has 0 bridgehead atoms. The molecule has 7 nitrogen and oxygen atoms in total. The zero-order valence-electron chi connectivity index (χ0n) is 19.1. The first kappa shape index (κ1) is 22.1. The lowest BCUT2D eigenvalue weighted by Crippen LogP contribution is -2.43. The third-order valence-corrected chi connectivity index (χ3v) is 6.30. The van der Waals surface area contributed by atoms with Gasteiger partial charge in [-0.3, -0.25) is 4.79 Å². The van der Waals surface area contributed by atoms with Gasteiger partial charge in [-0.2, -0.15) is 0 Å². The van der Waals surface area contributed by atoms with Gasteiger partial charge in [0.2, 0.25) is 12.7 Å². The maximum Gasteiger partial charge on any atom is 0.231 e. The van der Waals surface area contributed by atoms with Gasteiger partial charge in [0.1, 0.15) is 17.2 Å². The van der Waals surface area contributed by atoms with E-state index < -0.39 is 5.92 Å². The fraction of sp³-hybridized carbons (Fsp3) is 0.480. The molecule has 2 unspecified atom stereocenters. The summed E-state index contributed by atoms with van der Waals surface area (Å²) >= 11 is 0. The number of benzene rings is 2. The predicted molar refractivity (Wildman–Crippen MR) is 120 cm³/mol. The molecule has 3 atom stereocenters. The van der Waals surface area contributed by atoms with E-state index in [-0.39, 0.29) is 24.9 Å². The van der Waals surface area contributed by atoms with Gasteiger partial charge < -0.3 is 29.0 Å². The van der Waals surface area contributed by atoms with Crippen LogP contribution in [0.2, 0.25) is 0 Å². The first-order valence-electron chi connectivity index (χ1n) is 11.0. The molecule has 2 aromatic carbocycles. The average Bonchev–Trinajstić information content (AvgIpc) is 3.24. The van der Waals surface area contributed by atoms with Crippen LogP contribution in [-0.4, -0.2) is 50.0 Å². The third-order valence-electron chi connectivity index (χ3n) is 6.30. The smallest absolute Gasteiger partial charge is 0.231 e. The molecule has 2 heterocycles. The molecule has 1 amide bonds. The molecular formula is C25H31NO6. The van der Waals surface area contributed by atoms with Crippen LogP contribution in [0.15, 0.2) is 30.3 Å². The number of methoxy groups -OCH3 is 2. The Balaban J connectivity index is 1.73. The Morgan fingerprint density at radius 1 is 1.09 bits per heavy atom. The average molecular weight is 442 g/mol. The first-order chi connectivity index (χ1) is 15.4. The van der Waals surface area contributed by atoms with Crippen molar-refractivity contribution in [3.63, 3.8) is 0 Å². The summed E-state index contributed by atoms with van der Waals surface area (Å²) in [6, 6.07) is 8.91. The molecule has 2 aliphatic rings. The van der Waals surface area contributed by atoms with Crippen LogP contribution in [0.25, 0.3) is 0 Å². The van der Waals surface area contributed by atoms with Crippen molar-refractivity contribution in [2.24, 2.45) is 11.8 Å². The van der Waals surface area contributed by atoms with E-state index in [1.54, 1.807) is 19.2 Å². The monoisotopic (exact) mass is 441 g/mol. The van der Waals surface area contributed by atoms with Crippen molar-refractivity contribution in [2.75, 3.05) is 34.1 Å². The molecule has 172 valence electrons. The Bertz CT molecular complexity index is 981. The van der Waals surface area contributed by atoms with E-state index in [0.29, 0.717) is 40.4 Å². The number of ether oxygens (including phenoxy) is 4. The van der Waals surface area contributed by atoms with Crippen LogP contribution in [0, 0.1) is 11.8 Å². The highest BCUT2D eigenvalue weighted by atomic mass is 16.7. The minimum Gasteiger partial charge on any atom is -0.507 e. The van der Waals surface area contributed by atoms with E-state index in [0.717, 1.165) is 25.1 Å². The second-order valence-corrected chi connectivity index (χ2v) is 8.88. The Kier molecular flexibility index (Phi) is 6.35. The minimum absolute atomic E-state index is 0.0250. The molecule has 0 aliphatic carbocycles. The molecular weight excluding hydrogens is 410 g/mol. The van der Waals surface area contributed by atoms with Crippen LogP contribution < -0.4 is 18.9 Å². The van der Waals surface area contributed by atoms with E-state index in [9.17, 15) is 9.90 Å². The summed E-state index contributed by atoms with van der Waals surface area (Å²) in [5, 5.41) is 10.9. The number of nitrogens with zero attached hydrogens (tertiary/aromatic N) is 1. The van der Waals surface area contributed by atoms with Crippen LogP contribution in [0.5, 0.6) is 28.7 Å². The van der Waals surface area contributed by atoms with Gasteiger partial charge in [-0.25, -0.2) is 0 Å². The highest BCUT2D eigenvalue weighted by Crippen LogP contribution is 2.45. The SMILES string of the molecule is COc1cc(O)c([C@@H](CC(=O)N2CC(C)CC(C)C2)c2ccc3c(c2)OCO3)c(OC)c1.